The molecule has 3 fully saturated rings. The van der Waals surface area contributed by atoms with Crippen LogP contribution in [0.2, 0.25) is 0 Å². The molecule has 0 aromatic heterocycles. The lowest BCUT2D eigenvalue weighted by atomic mass is 9.45. The Morgan fingerprint density at radius 1 is 1.37 bits per heavy atom. The number of halogens is 2. The molecule has 8 atom stereocenters. The number of Topliss-reactive ketones (excluding diaryl/α,β-unsaturated/α-hetero) is 1. The zero-order valence-corrected chi connectivity index (χ0v) is 16.9. The Balaban J connectivity index is 1.80. The molecule has 0 bridgehead atoms. The van der Waals surface area contributed by atoms with Crippen LogP contribution >= 0.6 is 11.6 Å². The normalized spacial score (nSPS) is 51.3. The highest BCUT2D eigenvalue weighted by atomic mass is 35.5. The maximum atomic E-state index is 16.8. The summed E-state index contributed by atoms with van der Waals surface area (Å²) in [6, 6.07) is 0. The van der Waals surface area contributed by atoms with E-state index in [0.29, 0.717) is 12.8 Å². The topological polar surface area (TPSA) is 54.4 Å². The van der Waals surface area contributed by atoms with Gasteiger partial charge in [-0.3, -0.25) is 9.59 Å². The smallest absolute Gasteiger partial charge is 0.178 e. The maximum absolute atomic E-state index is 16.8. The number of fused-ring (bicyclic) bond motifs is 5. The van der Waals surface area contributed by atoms with Crippen molar-refractivity contribution in [2.24, 2.45) is 34.5 Å². The van der Waals surface area contributed by atoms with E-state index in [1.54, 1.807) is 12.2 Å². The molecule has 0 aromatic carbocycles. The third-order valence-corrected chi connectivity index (χ3v) is 8.72. The molecule has 0 amide bonds. The molecule has 0 saturated heterocycles. The summed E-state index contributed by atoms with van der Waals surface area (Å²) in [5.74, 6) is -0.528. The van der Waals surface area contributed by atoms with E-state index in [-0.39, 0.29) is 47.5 Å². The highest BCUT2D eigenvalue weighted by Gasteiger charge is 2.71. The molecular weight excluding hydrogens is 367 g/mol. The van der Waals surface area contributed by atoms with Gasteiger partial charge in [0.25, 0.3) is 0 Å². The van der Waals surface area contributed by atoms with E-state index >= 15 is 4.39 Å². The van der Waals surface area contributed by atoms with E-state index < -0.39 is 22.6 Å². The summed E-state index contributed by atoms with van der Waals surface area (Å²) in [4.78, 5) is 24.4. The quantitative estimate of drug-likeness (QED) is 0.719. The van der Waals surface area contributed by atoms with Crippen molar-refractivity contribution in [1.29, 1.82) is 0 Å². The largest absolute Gasteiger partial charge is 0.390 e. The van der Waals surface area contributed by atoms with E-state index in [1.807, 2.05) is 13.8 Å². The lowest BCUT2D eigenvalue weighted by Gasteiger charge is -2.62. The zero-order chi connectivity index (χ0) is 19.8. The minimum absolute atomic E-state index is 0.0125. The molecule has 0 aromatic rings. The van der Waals surface area contributed by atoms with Gasteiger partial charge in [0.15, 0.2) is 17.2 Å². The van der Waals surface area contributed by atoms with Crippen molar-refractivity contribution < 1.29 is 19.1 Å². The van der Waals surface area contributed by atoms with Crippen LogP contribution in [-0.4, -0.2) is 34.3 Å². The van der Waals surface area contributed by atoms with E-state index in [4.69, 9.17) is 11.6 Å². The molecule has 1 N–H and O–H groups in total. The molecule has 4 aliphatic rings. The van der Waals surface area contributed by atoms with Gasteiger partial charge in [0.2, 0.25) is 0 Å². The molecule has 5 heteroatoms. The molecular formula is C22H28ClFO3. The maximum Gasteiger partial charge on any atom is 0.178 e. The zero-order valence-electron chi connectivity index (χ0n) is 16.2. The highest BCUT2D eigenvalue weighted by molar-refractivity contribution is 6.28. The van der Waals surface area contributed by atoms with Gasteiger partial charge in [0, 0.05) is 17.3 Å². The number of rotatable bonds is 2. The number of hydrogen-bond donors (Lipinski definition) is 1. The predicted molar refractivity (Wildman–Crippen MR) is 102 cm³/mol. The Labute approximate surface area is 165 Å². The minimum Gasteiger partial charge on any atom is -0.390 e. The summed E-state index contributed by atoms with van der Waals surface area (Å²) < 4.78 is 16.8. The second-order valence-corrected chi connectivity index (χ2v) is 9.91. The van der Waals surface area contributed by atoms with Crippen molar-refractivity contribution in [1.82, 2.24) is 0 Å². The molecule has 0 unspecified atom stereocenters. The van der Waals surface area contributed by atoms with E-state index in [2.05, 4.69) is 6.92 Å². The summed E-state index contributed by atoms with van der Waals surface area (Å²) in [6.07, 6.45) is 5.78. The number of aliphatic hydroxyl groups excluding tert-OH is 1. The van der Waals surface area contributed by atoms with Crippen molar-refractivity contribution >= 4 is 23.2 Å². The van der Waals surface area contributed by atoms with Crippen molar-refractivity contribution in [3.05, 3.63) is 23.8 Å². The van der Waals surface area contributed by atoms with Crippen LogP contribution in [0.5, 0.6) is 0 Å². The van der Waals surface area contributed by atoms with Crippen molar-refractivity contribution in [3.8, 4) is 0 Å². The standard InChI is InChI=1S/C22H28ClFO3/c1-12-8-16-15-5-4-13-9-14(25)6-7-21(13,3)22(15,24)18(27)10-20(16,2)19(12)17(26)11-23/h6-7,9,12,15-16,18-19,27H,4-5,8,10-11H2,1-3H3/t12-,15+,16+,18+,19-,20+,21+,22+/m1/s1. The number of allylic oxidation sites excluding steroid dienone is 4. The van der Waals surface area contributed by atoms with E-state index in [9.17, 15) is 14.7 Å². The first kappa shape index (κ1) is 19.3. The molecule has 3 saturated carbocycles. The molecule has 3 nitrogen and oxygen atoms in total. The van der Waals surface area contributed by atoms with Gasteiger partial charge in [-0.15, -0.1) is 11.6 Å². The first-order valence-electron chi connectivity index (χ1n) is 9.99. The summed E-state index contributed by atoms with van der Waals surface area (Å²) >= 11 is 5.88. The van der Waals surface area contributed by atoms with E-state index in [1.165, 1.54) is 6.08 Å². The van der Waals surface area contributed by atoms with Crippen LogP contribution in [0.25, 0.3) is 0 Å². The monoisotopic (exact) mass is 394 g/mol. The van der Waals surface area contributed by atoms with Crippen LogP contribution < -0.4 is 0 Å². The van der Waals surface area contributed by atoms with E-state index in [0.717, 1.165) is 12.0 Å². The Kier molecular flexibility index (Phi) is 4.29. The molecule has 0 aliphatic heterocycles. The molecule has 0 radical (unpaired) electrons. The fraction of sp³-hybridized carbons (Fsp3) is 0.727. The number of ketones is 2. The molecule has 0 heterocycles. The van der Waals surface area contributed by atoms with Crippen molar-refractivity contribution in [2.75, 3.05) is 5.88 Å². The van der Waals surface area contributed by atoms with Crippen LogP contribution in [0.3, 0.4) is 0 Å². The Hall–Kier alpha value is -1.00. The summed E-state index contributed by atoms with van der Waals surface area (Å²) in [5.41, 5.74) is -2.44. The Morgan fingerprint density at radius 2 is 2.07 bits per heavy atom. The van der Waals surface area contributed by atoms with Gasteiger partial charge >= 0.3 is 0 Å². The molecule has 0 spiro atoms. The average molecular weight is 395 g/mol. The SMILES string of the molecule is C[C@@H]1C[C@H]2[C@@H]3CCC4=CC(=O)C=C[C@]4(C)[C@@]3(F)[C@@H](O)C[C@]2(C)[C@H]1C(=O)CCl. The second kappa shape index (κ2) is 6.00. The lowest BCUT2D eigenvalue weighted by molar-refractivity contribution is -0.195. The van der Waals surface area contributed by atoms with Gasteiger partial charge in [0.1, 0.15) is 0 Å². The van der Waals surface area contributed by atoms with Crippen LogP contribution in [0.15, 0.2) is 23.8 Å². The summed E-state index contributed by atoms with van der Waals surface area (Å²) in [5, 5.41) is 11.1. The van der Waals surface area contributed by atoms with Crippen LogP contribution in [0, 0.1) is 34.5 Å². The first-order valence-corrected chi connectivity index (χ1v) is 10.5. The summed E-state index contributed by atoms with van der Waals surface area (Å²) in [6.45, 7) is 5.92. The molecule has 27 heavy (non-hydrogen) atoms. The van der Waals surface area contributed by atoms with Gasteiger partial charge in [-0.2, -0.15) is 0 Å². The third-order valence-electron chi connectivity index (χ3n) is 8.46. The fourth-order valence-electron chi connectivity index (χ4n) is 7.35. The average Bonchev–Trinajstić information content (AvgIpc) is 2.86. The van der Waals surface area contributed by atoms with Crippen LogP contribution in [-0.2, 0) is 9.59 Å². The predicted octanol–water partition coefficient (Wildman–Crippen LogP) is 4.03. The fourth-order valence-corrected chi connectivity index (χ4v) is 7.51. The molecule has 148 valence electrons. The van der Waals surface area contributed by atoms with Gasteiger partial charge in [-0.05, 0) is 62.0 Å². The van der Waals surface area contributed by atoms with Crippen LogP contribution in [0.1, 0.15) is 46.5 Å². The number of aliphatic hydroxyl groups is 1. The number of hydrogen-bond acceptors (Lipinski definition) is 3. The van der Waals surface area contributed by atoms with Gasteiger partial charge < -0.3 is 5.11 Å². The lowest BCUT2D eigenvalue weighted by Crippen LogP contribution is -2.66. The van der Waals surface area contributed by atoms with Gasteiger partial charge in [-0.1, -0.05) is 25.5 Å². The van der Waals surface area contributed by atoms with Crippen molar-refractivity contribution in [3.63, 3.8) is 0 Å². The number of carbonyl (C=O) groups excluding carboxylic acids is 2. The number of alkyl halides is 2. The van der Waals surface area contributed by atoms with Gasteiger partial charge in [-0.25, -0.2) is 4.39 Å². The Morgan fingerprint density at radius 3 is 2.74 bits per heavy atom. The van der Waals surface area contributed by atoms with Crippen LogP contribution in [0.4, 0.5) is 4.39 Å². The number of carbonyl (C=O) groups is 2. The minimum atomic E-state index is -1.82. The Bertz CT molecular complexity index is 761. The highest BCUT2D eigenvalue weighted by Crippen LogP contribution is 2.69. The second-order valence-electron chi connectivity index (χ2n) is 9.64. The third kappa shape index (κ3) is 2.29. The molecule has 4 rings (SSSR count). The summed E-state index contributed by atoms with van der Waals surface area (Å²) in [7, 11) is 0. The molecule has 4 aliphatic carbocycles. The van der Waals surface area contributed by atoms with Gasteiger partial charge in [0.05, 0.1) is 12.0 Å². The first-order chi connectivity index (χ1) is 12.6. The van der Waals surface area contributed by atoms with Crippen molar-refractivity contribution in [2.45, 2.75) is 58.2 Å².